The minimum absolute atomic E-state index is 0.303. The van der Waals surface area contributed by atoms with Crippen LogP contribution in [0.25, 0.3) is 0 Å². The third-order valence-corrected chi connectivity index (χ3v) is 3.42. The van der Waals surface area contributed by atoms with Gasteiger partial charge in [-0.15, -0.1) is 0 Å². The first-order valence-electron chi connectivity index (χ1n) is 6.92. The van der Waals surface area contributed by atoms with Crippen molar-refractivity contribution in [1.29, 1.82) is 0 Å². The Morgan fingerprint density at radius 3 is 2.35 bits per heavy atom. The molecule has 1 rings (SSSR count). The predicted molar refractivity (Wildman–Crippen MR) is 69.3 cm³/mol. The second-order valence-electron chi connectivity index (χ2n) is 5.55. The summed E-state index contributed by atoms with van der Waals surface area (Å²) < 4.78 is 16.4. The normalized spacial score (nSPS) is 18.4. The molecule has 0 radical (unpaired) electrons. The third-order valence-electron chi connectivity index (χ3n) is 3.42. The van der Waals surface area contributed by atoms with E-state index >= 15 is 0 Å². The van der Waals surface area contributed by atoms with Crippen LogP contribution in [-0.2, 0) is 14.2 Å². The van der Waals surface area contributed by atoms with Crippen LogP contribution in [-0.4, -0.2) is 39.6 Å². The fraction of sp³-hybridized carbons (Fsp3) is 1.00. The molecule has 1 aliphatic rings. The summed E-state index contributed by atoms with van der Waals surface area (Å²) in [6.07, 6.45) is 3.55. The van der Waals surface area contributed by atoms with Gasteiger partial charge in [-0.3, -0.25) is 0 Å². The van der Waals surface area contributed by atoms with Crippen LogP contribution in [0.5, 0.6) is 0 Å². The summed E-state index contributed by atoms with van der Waals surface area (Å²) in [6, 6.07) is 0. The number of rotatable bonds is 10. The molecule has 0 atom stereocenters. The highest BCUT2D eigenvalue weighted by Gasteiger charge is 2.36. The maximum absolute atomic E-state index is 5.65. The van der Waals surface area contributed by atoms with Gasteiger partial charge in [-0.25, -0.2) is 0 Å². The van der Waals surface area contributed by atoms with Crippen molar-refractivity contribution in [3.8, 4) is 0 Å². The van der Waals surface area contributed by atoms with Crippen LogP contribution < -0.4 is 0 Å². The molecule has 3 nitrogen and oxygen atoms in total. The first-order chi connectivity index (χ1) is 8.18. The Morgan fingerprint density at radius 1 is 1.12 bits per heavy atom. The quantitative estimate of drug-likeness (QED) is 0.553. The highest BCUT2D eigenvalue weighted by atomic mass is 16.5. The van der Waals surface area contributed by atoms with Gasteiger partial charge in [-0.2, -0.15) is 0 Å². The van der Waals surface area contributed by atoms with Crippen molar-refractivity contribution in [1.82, 2.24) is 0 Å². The lowest BCUT2D eigenvalue weighted by atomic mass is 9.84. The monoisotopic (exact) mass is 244 g/mol. The van der Waals surface area contributed by atoms with Crippen molar-refractivity contribution < 1.29 is 14.2 Å². The van der Waals surface area contributed by atoms with Gasteiger partial charge >= 0.3 is 0 Å². The molecule has 0 aromatic rings. The molecule has 0 N–H and O–H groups in total. The van der Waals surface area contributed by atoms with E-state index in [2.05, 4.69) is 20.8 Å². The molecule has 1 fully saturated rings. The molecule has 0 aromatic heterocycles. The lowest BCUT2D eigenvalue weighted by Crippen LogP contribution is -2.45. The molecule has 0 spiro atoms. The number of hydrogen-bond donors (Lipinski definition) is 0. The maximum Gasteiger partial charge on any atom is 0.0700 e. The molecule has 102 valence electrons. The summed E-state index contributed by atoms with van der Waals surface area (Å²) >= 11 is 0. The number of hydrogen-bond acceptors (Lipinski definition) is 3. The first kappa shape index (κ1) is 14.9. The average molecular weight is 244 g/mol. The summed E-state index contributed by atoms with van der Waals surface area (Å²) in [6.45, 7) is 11.5. The van der Waals surface area contributed by atoms with Gasteiger partial charge in [-0.1, -0.05) is 20.8 Å². The van der Waals surface area contributed by atoms with Gasteiger partial charge in [0.2, 0.25) is 0 Å². The van der Waals surface area contributed by atoms with Crippen molar-refractivity contribution >= 4 is 0 Å². The van der Waals surface area contributed by atoms with Crippen molar-refractivity contribution in [2.75, 3.05) is 39.6 Å². The zero-order valence-electron chi connectivity index (χ0n) is 11.7. The molecule has 0 saturated carbocycles. The van der Waals surface area contributed by atoms with E-state index in [1.807, 2.05) is 0 Å². The Bertz CT molecular complexity index is 182. The fourth-order valence-corrected chi connectivity index (χ4v) is 1.88. The van der Waals surface area contributed by atoms with Gasteiger partial charge in [0.05, 0.1) is 33.0 Å². The van der Waals surface area contributed by atoms with E-state index in [4.69, 9.17) is 14.2 Å². The zero-order chi connectivity index (χ0) is 12.6. The van der Waals surface area contributed by atoms with Crippen molar-refractivity contribution in [3.63, 3.8) is 0 Å². The molecule has 1 heterocycles. The van der Waals surface area contributed by atoms with Gasteiger partial charge in [0.1, 0.15) is 0 Å². The Balaban J connectivity index is 1.84. The van der Waals surface area contributed by atoms with E-state index in [0.717, 1.165) is 51.8 Å². The molecule has 0 aliphatic carbocycles. The van der Waals surface area contributed by atoms with E-state index in [9.17, 15) is 0 Å². The molecule has 3 heteroatoms. The van der Waals surface area contributed by atoms with E-state index in [1.165, 1.54) is 6.42 Å². The molecule has 1 aliphatic heterocycles. The molecule has 0 amide bonds. The van der Waals surface area contributed by atoms with E-state index in [1.54, 1.807) is 0 Å². The predicted octanol–water partition coefficient (Wildman–Crippen LogP) is 2.88. The summed E-state index contributed by atoms with van der Waals surface area (Å²) in [4.78, 5) is 0. The molecule has 0 bridgehead atoms. The Kier molecular flexibility index (Phi) is 7.09. The van der Waals surface area contributed by atoms with Gasteiger partial charge in [-0.05, 0) is 25.2 Å². The Hall–Kier alpha value is -0.120. The van der Waals surface area contributed by atoms with Crippen LogP contribution in [0.1, 0.15) is 40.0 Å². The first-order valence-corrected chi connectivity index (χ1v) is 6.92. The van der Waals surface area contributed by atoms with Crippen LogP contribution in [0.4, 0.5) is 0 Å². The highest BCUT2D eigenvalue weighted by molar-refractivity contribution is 4.83. The lowest BCUT2D eigenvalue weighted by molar-refractivity contribution is -0.152. The van der Waals surface area contributed by atoms with Gasteiger partial charge in [0.25, 0.3) is 0 Å². The molecule has 17 heavy (non-hydrogen) atoms. The Labute approximate surface area is 106 Å². The topological polar surface area (TPSA) is 27.7 Å². The summed E-state index contributed by atoms with van der Waals surface area (Å²) in [5, 5.41) is 0. The molecular formula is C14H28O3. The van der Waals surface area contributed by atoms with Crippen molar-refractivity contribution in [3.05, 3.63) is 0 Å². The van der Waals surface area contributed by atoms with Crippen LogP contribution in [0.3, 0.4) is 0 Å². The standard InChI is InChI=1S/C14H28O3/c1-4-14(11-17-12-14)10-16-9-8-15-7-5-6-13(2)3/h13H,4-12H2,1-3H3. The fourth-order valence-electron chi connectivity index (χ4n) is 1.88. The second-order valence-corrected chi connectivity index (χ2v) is 5.55. The minimum atomic E-state index is 0.303. The van der Waals surface area contributed by atoms with Gasteiger partial charge < -0.3 is 14.2 Å². The summed E-state index contributed by atoms with van der Waals surface area (Å²) in [7, 11) is 0. The molecule has 0 unspecified atom stereocenters. The third kappa shape index (κ3) is 5.84. The minimum Gasteiger partial charge on any atom is -0.380 e. The van der Waals surface area contributed by atoms with E-state index in [0.29, 0.717) is 12.0 Å². The van der Waals surface area contributed by atoms with Gasteiger partial charge in [0, 0.05) is 12.0 Å². The smallest absolute Gasteiger partial charge is 0.0700 e. The molecular weight excluding hydrogens is 216 g/mol. The van der Waals surface area contributed by atoms with Crippen LogP contribution in [0.2, 0.25) is 0 Å². The van der Waals surface area contributed by atoms with Crippen LogP contribution in [0, 0.1) is 11.3 Å². The summed E-state index contributed by atoms with van der Waals surface area (Å²) in [5.41, 5.74) is 0.303. The Morgan fingerprint density at radius 2 is 1.82 bits per heavy atom. The maximum atomic E-state index is 5.65. The summed E-state index contributed by atoms with van der Waals surface area (Å²) in [5.74, 6) is 0.776. The highest BCUT2D eigenvalue weighted by Crippen LogP contribution is 2.31. The SMILES string of the molecule is CCC1(COCCOCCCC(C)C)COC1. The second kappa shape index (κ2) is 8.06. The van der Waals surface area contributed by atoms with Crippen molar-refractivity contribution in [2.24, 2.45) is 11.3 Å². The average Bonchev–Trinajstić information content (AvgIpc) is 2.24. The van der Waals surface area contributed by atoms with Gasteiger partial charge in [0.15, 0.2) is 0 Å². The lowest BCUT2D eigenvalue weighted by Gasteiger charge is -2.40. The largest absolute Gasteiger partial charge is 0.380 e. The van der Waals surface area contributed by atoms with E-state index < -0.39 is 0 Å². The van der Waals surface area contributed by atoms with Crippen LogP contribution in [0.15, 0.2) is 0 Å². The van der Waals surface area contributed by atoms with Crippen molar-refractivity contribution in [2.45, 2.75) is 40.0 Å². The van der Waals surface area contributed by atoms with Crippen LogP contribution >= 0.6 is 0 Å². The van der Waals surface area contributed by atoms with E-state index in [-0.39, 0.29) is 0 Å². The molecule has 1 saturated heterocycles. The zero-order valence-corrected chi connectivity index (χ0v) is 11.7. The number of ether oxygens (including phenoxy) is 3. The molecule has 0 aromatic carbocycles.